The Morgan fingerprint density at radius 3 is 2.77 bits per heavy atom. The number of unbranched alkanes of at least 4 members (excludes halogenated alkanes) is 3. The minimum atomic E-state index is -0.120. The molecule has 5 atom stereocenters. The molecule has 2 aliphatic rings. The number of allylic oxidation sites excluding steroid dienone is 3. The number of aliphatic hydroxyl groups excluding tert-OH is 1. The van der Waals surface area contributed by atoms with Crippen LogP contribution in [0.2, 0.25) is 0 Å². The molecule has 0 aromatic heterocycles. The lowest BCUT2D eigenvalue weighted by Gasteiger charge is -2.18. The number of aliphatic hydroxyl groups is 1. The van der Waals surface area contributed by atoms with Gasteiger partial charge in [0.15, 0.2) is 0 Å². The summed E-state index contributed by atoms with van der Waals surface area (Å²) in [6.07, 6.45) is 19.8. The molecule has 2 heteroatoms. The molecule has 26 heavy (non-hydrogen) atoms. The van der Waals surface area contributed by atoms with E-state index >= 15 is 0 Å². The Morgan fingerprint density at radius 2 is 2.04 bits per heavy atom. The molecule has 2 nitrogen and oxygen atoms in total. The maximum Gasteiger partial charge on any atom is 0.0611 e. The first kappa shape index (κ1) is 21.7. The number of fused-ring (bicyclic) bond motifs is 1. The number of rotatable bonds is 12. The van der Waals surface area contributed by atoms with Gasteiger partial charge in [0, 0.05) is 5.92 Å². The van der Waals surface area contributed by atoms with Gasteiger partial charge in [0.1, 0.15) is 0 Å². The molecule has 1 fully saturated rings. The minimum absolute atomic E-state index is 0.120. The summed E-state index contributed by atoms with van der Waals surface area (Å²) in [5, 5.41) is 10.5. The highest BCUT2D eigenvalue weighted by Crippen LogP contribution is 2.48. The zero-order chi connectivity index (χ0) is 18.9. The maximum absolute atomic E-state index is 10.5. The van der Waals surface area contributed by atoms with Crippen LogP contribution in [0.4, 0.5) is 0 Å². The lowest BCUT2D eigenvalue weighted by molar-refractivity contribution is 0.141. The van der Waals surface area contributed by atoms with E-state index in [4.69, 9.17) is 0 Å². The van der Waals surface area contributed by atoms with Crippen LogP contribution in [-0.2, 0) is 0 Å². The highest BCUT2D eigenvalue weighted by molar-refractivity contribution is 5.20. The van der Waals surface area contributed by atoms with Gasteiger partial charge < -0.3 is 10.0 Å². The molecule has 2 rings (SSSR count). The first-order chi connectivity index (χ1) is 12.5. The first-order valence-corrected chi connectivity index (χ1v) is 11.2. The smallest absolute Gasteiger partial charge is 0.0611 e. The van der Waals surface area contributed by atoms with E-state index in [2.05, 4.69) is 51.1 Å². The Kier molecular flexibility index (Phi) is 9.42. The summed E-state index contributed by atoms with van der Waals surface area (Å²) >= 11 is 0. The van der Waals surface area contributed by atoms with E-state index in [9.17, 15) is 5.11 Å². The van der Waals surface area contributed by atoms with Crippen molar-refractivity contribution in [3.8, 4) is 0 Å². The predicted molar refractivity (Wildman–Crippen MR) is 113 cm³/mol. The molecule has 0 heterocycles. The summed E-state index contributed by atoms with van der Waals surface area (Å²) in [6.45, 7) is 5.84. The summed E-state index contributed by atoms with van der Waals surface area (Å²) in [6, 6.07) is 0. The van der Waals surface area contributed by atoms with Crippen molar-refractivity contribution in [2.75, 3.05) is 20.6 Å². The van der Waals surface area contributed by atoms with Gasteiger partial charge in [-0.3, -0.25) is 0 Å². The van der Waals surface area contributed by atoms with Gasteiger partial charge in [-0.25, -0.2) is 0 Å². The maximum atomic E-state index is 10.5. The molecule has 1 N–H and O–H groups in total. The van der Waals surface area contributed by atoms with E-state index in [0.717, 1.165) is 12.3 Å². The largest absolute Gasteiger partial charge is 0.392 e. The fourth-order valence-corrected chi connectivity index (χ4v) is 4.89. The van der Waals surface area contributed by atoms with Crippen molar-refractivity contribution in [3.05, 3.63) is 23.8 Å². The van der Waals surface area contributed by atoms with Crippen LogP contribution in [0.5, 0.6) is 0 Å². The van der Waals surface area contributed by atoms with Gasteiger partial charge in [-0.05, 0) is 76.9 Å². The monoisotopic (exact) mass is 361 g/mol. The fourth-order valence-electron chi connectivity index (χ4n) is 4.89. The second kappa shape index (κ2) is 11.3. The molecular weight excluding hydrogens is 318 g/mol. The highest BCUT2D eigenvalue weighted by atomic mass is 16.3. The lowest BCUT2D eigenvalue weighted by Crippen LogP contribution is -2.17. The summed E-state index contributed by atoms with van der Waals surface area (Å²) in [5.74, 6) is 2.47. The second-order valence-corrected chi connectivity index (χ2v) is 9.26. The number of hydrogen-bond acceptors (Lipinski definition) is 2. The van der Waals surface area contributed by atoms with Gasteiger partial charge in [0.05, 0.1) is 6.10 Å². The van der Waals surface area contributed by atoms with E-state index in [1.807, 2.05) is 0 Å². The molecule has 2 aliphatic carbocycles. The Labute approximate surface area is 162 Å². The molecule has 0 aromatic rings. The van der Waals surface area contributed by atoms with Crippen molar-refractivity contribution in [1.29, 1.82) is 0 Å². The highest BCUT2D eigenvalue weighted by Gasteiger charge is 2.43. The van der Waals surface area contributed by atoms with E-state index in [0.29, 0.717) is 17.8 Å². The van der Waals surface area contributed by atoms with Crippen LogP contribution < -0.4 is 0 Å². The SMILES string of the molecule is CCCC[C@@H](C)C/C=C/[C@@H]1[C@H]2CC(CCCCCN(C)C)=C[C@H]2C[C@H]1O. The zero-order valence-electron chi connectivity index (χ0n) is 17.8. The van der Waals surface area contributed by atoms with Crippen LogP contribution in [0.15, 0.2) is 23.8 Å². The Hall–Kier alpha value is -0.600. The second-order valence-electron chi connectivity index (χ2n) is 9.26. The molecule has 0 aromatic carbocycles. The Morgan fingerprint density at radius 1 is 1.23 bits per heavy atom. The van der Waals surface area contributed by atoms with Crippen LogP contribution >= 0.6 is 0 Å². The summed E-state index contributed by atoms with van der Waals surface area (Å²) in [5.41, 5.74) is 1.67. The number of hydrogen-bond donors (Lipinski definition) is 1. The van der Waals surface area contributed by atoms with Gasteiger partial charge in [-0.2, -0.15) is 0 Å². The summed E-state index contributed by atoms with van der Waals surface area (Å²) in [4.78, 5) is 2.28. The third-order valence-electron chi connectivity index (χ3n) is 6.50. The van der Waals surface area contributed by atoms with Gasteiger partial charge in [0.25, 0.3) is 0 Å². The lowest BCUT2D eigenvalue weighted by atomic mass is 9.88. The van der Waals surface area contributed by atoms with Crippen molar-refractivity contribution in [1.82, 2.24) is 4.90 Å². The molecule has 150 valence electrons. The van der Waals surface area contributed by atoms with Gasteiger partial charge >= 0.3 is 0 Å². The molecule has 1 saturated carbocycles. The molecule has 0 saturated heterocycles. The average Bonchev–Trinajstić information content (AvgIpc) is 3.10. The third kappa shape index (κ3) is 6.85. The van der Waals surface area contributed by atoms with Gasteiger partial charge in [0.2, 0.25) is 0 Å². The normalized spacial score (nSPS) is 29.5. The third-order valence-corrected chi connectivity index (χ3v) is 6.50. The van der Waals surface area contributed by atoms with E-state index in [1.165, 1.54) is 64.3 Å². The summed E-state index contributed by atoms with van der Waals surface area (Å²) in [7, 11) is 4.31. The molecule has 0 spiro atoms. The average molecular weight is 362 g/mol. The van der Waals surface area contributed by atoms with Crippen molar-refractivity contribution in [3.63, 3.8) is 0 Å². The quantitative estimate of drug-likeness (QED) is 0.349. The topological polar surface area (TPSA) is 23.5 Å². The summed E-state index contributed by atoms with van der Waals surface area (Å²) < 4.78 is 0. The molecule has 0 bridgehead atoms. The Balaban J connectivity index is 1.72. The van der Waals surface area contributed by atoms with Crippen molar-refractivity contribution < 1.29 is 5.11 Å². The molecular formula is C24H43NO. The van der Waals surface area contributed by atoms with Crippen LogP contribution in [0.1, 0.15) is 78.1 Å². The molecule has 0 amide bonds. The van der Waals surface area contributed by atoms with Crippen molar-refractivity contribution in [2.24, 2.45) is 23.7 Å². The van der Waals surface area contributed by atoms with E-state index in [-0.39, 0.29) is 6.10 Å². The Bertz CT molecular complexity index is 453. The van der Waals surface area contributed by atoms with E-state index < -0.39 is 0 Å². The molecule has 0 unspecified atom stereocenters. The molecule has 0 aliphatic heterocycles. The van der Waals surface area contributed by atoms with Crippen LogP contribution in [0.3, 0.4) is 0 Å². The minimum Gasteiger partial charge on any atom is -0.392 e. The van der Waals surface area contributed by atoms with Crippen LogP contribution in [0, 0.1) is 23.7 Å². The van der Waals surface area contributed by atoms with Crippen molar-refractivity contribution >= 4 is 0 Å². The standard InChI is InChI=1S/C24H43NO/c1-5-6-11-19(2)12-10-14-22-23-17-20(16-21(23)18-24(22)26)13-8-7-9-15-25(3)4/h10,14,16,19,21-24,26H,5-9,11-13,15,17-18H2,1-4H3/b14-10+/t19-,21+,22-,23+,24-/m1/s1. The van der Waals surface area contributed by atoms with Gasteiger partial charge in [-0.15, -0.1) is 0 Å². The fraction of sp³-hybridized carbons (Fsp3) is 0.833. The van der Waals surface area contributed by atoms with Gasteiger partial charge in [-0.1, -0.05) is 63.3 Å². The first-order valence-electron chi connectivity index (χ1n) is 11.2. The van der Waals surface area contributed by atoms with Crippen LogP contribution in [-0.4, -0.2) is 36.8 Å². The van der Waals surface area contributed by atoms with Crippen molar-refractivity contribution in [2.45, 2.75) is 84.2 Å². The zero-order valence-corrected chi connectivity index (χ0v) is 17.8. The number of nitrogens with zero attached hydrogens (tertiary/aromatic N) is 1. The van der Waals surface area contributed by atoms with Crippen LogP contribution in [0.25, 0.3) is 0 Å². The van der Waals surface area contributed by atoms with E-state index in [1.54, 1.807) is 5.57 Å². The molecule has 0 radical (unpaired) electrons. The predicted octanol–water partition coefficient (Wildman–Crippen LogP) is 5.82.